The molecule has 6 nitrogen and oxygen atoms in total. The summed E-state index contributed by atoms with van der Waals surface area (Å²) in [6, 6.07) is 10.1. The summed E-state index contributed by atoms with van der Waals surface area (Å²) in [5.41, 5.74) is 1.69. The number of hydrogen-bond donors (Lipinski definition) is 2. The summed E-state index contributed by atoms with van der Waals surface area (Å²) in [6.07, 6.45) is 0. The van der Waals surface area contributed by atoms with Crippen molar-refractivity contribution in [1.82, 2.24) is 10.6 Å². The molecule has 0 aliphatic rings. The van der Waals surface area contributed by atoms with E-state index in [1.165, 1.54) is 20.3 Å². The van der Waals surface area contributed by atoms with Crippen LogP contribution in [-0.4, -0.2) is 33.1 Å². The summed E-state index contributed by atoms with van der Waals surface area (Å²) in [5.74, 6) is 0.258. The molecule has 2 amide bonds. The highest BCUT2D eigenvalue weighted by atomic mass is 35.5. The van der Waals surface area contributed by atoms with Crippen LogP contribution in [0.1, 0.15) is 26.3 Å². The van der Waals surface area contributed by atoms with E-state index in [-0.39, 0.29) is 23.4 Å². The topological polar surface area (TPSA) is 76.7 Å². The van der Waals surface area contributed by atoms with E-state index < -0.39 is 0 Å². The number of carbonyl (C=O) groups is 2. The van der Waals surface area contributed by atoms with E-state index in [9.17, 15) is 9.59 Å². The van der Waals surface area contributed by atoms with Gasteiger partial charge < -0.3 is 20.1 Å². The predicted octanol–water partition coefficient (Wildman–Crippen LogP) is 2.65. The Hall–Kier alpha value is -2.73. The van der Waals surface area contributed by atoms with Gasteiger partial charge in [-0.15, -0.1) is 0 Å². The normalized spacial score (nSPS) is 10.1. The highest BCUT2D eigenvalue weighted by molar-refractivity contribution is 6.32. The van der Waals surface area contributed by atoms with E-state index in [0.717, 1.165) is 5.56 Å². The van der Waals surface area contributed by atoms with Gasteiger partial charge in [-0.2, -0.15) is 0 Å². The minimum Gasteiger partial charge on any atom is -0.493 e. The molecule has 0 radical (unpaired) electrons. The zero-order valence-electron chi connectivity index (χ0n) is 14.2. The first-order valence-electron chi connectivity index (χ1n) is 7.51. The van der Waals surface area contributed by atoms with E-state index >= 15 is 0 Å². The highest BCUT2D eigenvalue weighted by Crippen LogP contribution is 2.35. The fraction of sp³-hybridized carbons (Fsp3) is 0.222. The molecule has 0 atom stereocenters. The SMILES string of the molecule is CNC(=O)c1cccc(CNC(=O)c2cc(Cl)c(OC)c(OC)c2)c1. The second-order valence-corrected chi connectivity index (χ2v) is 5.56. The number of rotatable bonds is 6. The first kappa shape index (κ1) is 18.6. The summed E-state index contributed by atoms with van der Waals surface area (Å²) in [5, 5.41) is 5.64. The van der Waals surface area contributed by atoms with Crippen molar-refractivity contribution in [2.45, 2.75) is 6.54 Å². The van der Waals surface area contributed by atoms with Gasteiger partial charge in [-0.25, -0.2) is 0 Å². The minimum atomic E-state index is -0.312. The van der Waals surface area contributed by atoms with Crippen molar-refractivity contribution in [3.8, 4) is 11.5 Å². The maximum Gasteiger partial charge on any atom is 0.251 e. The standard InChI is InChI=1S/C18H19ClN2O4/c1-20-17(22)12-6-4-5-11(7-12)10-21-18(23)13-8-14(19)16(25-3)15(9-13)24-2/h4-9H,10H2,1-3H3,(H,20,22)(H,21,23). The van der Waals surface area contributed by atoms with Crippen LogP contribution >= 0.6 is 11.6 Å². The quantitative estimate of drug-likeness (QED) is 0.828. The number of hydrogen-bond acceptors (Lipinski definition) is 4. The van der Waals surface area contributed by atoms with Crippen molar-refractivity contribution in [2.24, 2.45) is 0 Å². The first-order chi connectivity index (χ1) is 12.0. The first-order valence-corrected chi connectivity index (χ1v) is 7.88. The molecule has 2 aromatic rings. The molecule has 0 aliphatic heterocycles. The van der Waals surface area contributed by atoms with Gasteiger partial charge in [-0.1, -0.05) is 23.7 Å². The molecule has 132 valence electrons. The zero-order chi connectivity index (χ0) is 18.4. The molecular weight excluding hydrogens is 344 g/mol. The Morgan fingerprint density at radius 3 is 2.44 bits per heavy atom. The molecule has 0 spiro atoms. The van der Waals surface area contributed by atoms with Crippen LogP contribution in [0.15, 0.2) is 36.4 Å². The molecule has 2 N–H and O–H groups in total. The Balaban J connectivity index is 2.13. The Bertz CT molecular complexity index is 793. The van der Waals surface area contributed by atoms with Crippen LogP contribution in [0, 0.1) is 0 Å². The van der Waals surface area contributed by atoms with Crippen molar-refractivity contribution in [1.29, 1.82) is 0 Å². The van der Waals surface area contributed by atoms with Gasteiger partial charge in [0.25, 0.3) is 11.8 Å². The van der Waals surface area contributed by atoms with Crippen molar-refractivity contribution in [3.05, 3.63) is 58.1 Å². The number of benzene rings is 2. The van der Waals surface area contributed by atoms with Gasteiger partial charge >= 0.3 is 0 Å². The van der Waals surface area contributed by atoms with Gasteiger partial charge in [-0.05, 0) is 29.8 Å². The minimum absolute atomic E-state index is 0.181. The monoisotopic (exact) mass is 362 g/mol. The average molecular weight is 363 g/mol. The molecule has 0 bridgehead atoms. The molecule has 0 unspecified atom stereocenters. The van der Waals surface area contributed by atoms with Crippen LogP contribution in [0.5, 0.6) is 11.5 Å². The average Bonchev–Trinajstić information content (AvgIpc) is 2.64. The second kappa shape index (κ2) is 8.39. The number of methoxy groups -OCH3 is 2. The van der Waals surface area contributed by atoms with E-state index in [1.807, 2.05) is 6.07 Å². The summed E-state index contributed by atoms with van der Waals surface area (Å²) in [7, 11) is 4.51. The molecule has 0 aromatic heterocycles. The van der Waals surface area contributed by atoms with E-state index in [4.69, 9.17) is 21.1 Å². The molecule has 2 rings (SSSR count). The van der Waals surface area contributed by atoms with Crippen molar-refractivity contribution in [3.63, 3.8) is 0 Å². The van der Waals surface area contributed by atoms with Crippen LogP contribution in [0.4, 0.5) is 0 Å². The van der Waals surface area contributed by atoms with Crippen LogP contribution in [-0.2, 0) is 6.54 Å². The second-order valence-electron chi connectivity index (χ2n) is 5.16. The van der Waals surface area contributed by atoms with Crippen LogP contribution in [0.3, 0.4) is 0 Å². The molecule has 0 aliphatic carbocycles. The highest BCUT2D eigenvalue weighted by Gasteiger charge is 2.15. The van der Waals surface area contributed by atoms with E-state index in [0.29, 0.717) is 22.6 Å². The van der Waals surface area contributed by atoms with E-state index in [1.54, 1.807) is 31.3 Å². The molecule has 0 saturated heterocycles. The van der Waals surface area contributed by atoms with E-state index in [2.05, 4.69) is 10.6 Å². The Morgan fingerprint density at radius 1 is 1.04 bits per heavy atom. The smallest absolute Gasteiger partial charge is 0.251 e. The third kappa shape index (κ3) is 4.42. The van der Waals surface area contributed by atoms with Gasteiger partial charge in [0.05, 0.1) is 19.2 Å². The zero-order valence-corrected chi connectivity index (χ0v) is 14.9. The lowest BCUT2D eigenvalue weighted by molar-refractivity contribution is 0.0948. The maximum atomic E-state index is 12.4. The third-order valence-corrected chi connectivity index (χ3v) is 3.85. The lowest BCUT2D eigenvalue weighted by Crippen LogP contribution is -2.23. The summed E-state index contributed by atoms with van der Waals surface area (Å²) in [4.78, 5) is 24.0. The summed E-state index contributed by atoms with van der Waals surface area (Å²) >= 11 is 6.12. The van der Waals surface area contributed by atoms with Crippen LogP contribution in [0.2, 0.25) is 5.02 Å². The maximum absolute atomic E-state index is 12.4. The van der Waals surface area contributed by atoms with Gasteiger partial charge in [0.15, 0.2) is 11.5 Å². The molecule has 25 heavy (non-hydrogen) atoms. The van der Waals surface area contributed by atoms with Crippen molar-refractivity contribution < 1.29 is 19.1 Å². The van der Waals surface area contributed by atoms with Crippen LogP contribution < -0.4 is 20.1 Å². The van der Waals surface area contributed by atoms with Gasteiger partial charge in [0.1, 0.15) is 0 Å². The molecule has 0 heterocycles. The number of halogens is 1. The number of carbonyl (C=O) groups excluding carboxylic acids is 2. The fourth-order valence-corrected chi connectivity index (χ4v) is 2.59. The molecule has 0 saturated carbocycles. The number of nitrogens with one attached hydrogen (secondary N) is 2. The van der Waals surface area contributed by atoms with Crippen LogP contribution in [0.25, 0.3) is 0 Å². The van der Waals surface area contributed by atoms with Gasteiger partial charge in [-0.3, -0.25) is 9.59 Å². The summed E-state index contributed by atoms with van der Waals surface area (Å²) in [6.45, 7) is 0.273. The molecule has 0 fully saturated rings. The lowest BCUT2D eigenvalue weighted by Gasteiger charge is -2.12. The van der Waals surface area contributed by atoms with Gasteiger partial charge in [0, 0.05) is 24.7 Å². The summed E-state index contributed by atoms with van der Waals surface area (Å²) < 4.78 is 10.3. The predicted molar refractivity (Wildman–Crippen MR) is 95.6 cm³/mol. The molecule has 7 heteroatoms. The Kier molecular flexibility index (Phi) is 6.25. The number of ether oxygens (including phenoxy) is 2. The Labute approximate surface area is 151 Å². The van der Waals surface area contributed by atoms with Crippen molar-refractivity contribution in [2.75, 3.05) is 21.3 Å². The lowest BCUT2D eigenvalue weighted by atomic mass is 10.1. The number of amides is 2. The molecular formula is C18H19ClN2O4. The molecule has 2 aromatic carbocycles. The fourth-order valence-electron chi connectivity index (χ4n) is 2.30. The largest absolute Gasteiger partial charge is 0.493 e. The Morgan fingerprint density at radius 2 is 1.80 bits per heavy atom. The van der Waals surface area contributed by atoms with Gasteiger partial charge in [0.2, 0.25) is 0 Å². The third-order valence-electron chi connectivity index (χ3n) is 3.57. The van der Waals surface area contributed by atoms with Crippen molar-refractivity contribution >= 4 is 23.4 Å².